The van der Waals surface area contributed by atoms with E-state index in [1.54, 1.807) is 7.05 Å². The number of ether oxygens (including phenoxy) is 1. The fourth-order valence-corrected chi connectivity index (χ4v) is 2.56. The molecule has 132 valence electrons. The third-order valence-corrected chi connectivity index (χ3v) is 3.79. The van der Waals surface area contributed by atoms with Gasteiger partial charge in [-0.2, -0.15) is 0 Å². The van der Waals surface area contributed by atoms with Crippen molar-refractivity contribution < 1.29 is 4.74 Å². The third-order valence-electron chi connectivity index (χ3n) is 3.79. The minimum absolute atomic E-state index is 0. The van der Waals surface area contributed by atoms with Crippen molar-refractivity contribution >= 4 is 29.9 Å². The van der Waals surface area contributed by atoms with Crippen molar-refractivity contribution in [1.82, 2.24) is 25.4 Å². The van der Waals surface area contributed by atoms with Gasteiger partial charge in [-0.3, -0.25) is 4.99 Å². The average molecular weight is 436 g/mol. The lowest BCUT2D eigenvalue weighted by Crippen LogP contribution is -2.38. The van der Waals surface area contributed by atoms with Crippen LogP contribution in [0.25, 0.3) is 0 Å². The number of hydrogen-bond donors (Lipinski definition) is 2. The van der Waals surface area contributed by atoms with Gasteiger partial charge in [-0.25, -0.2) is 0 Å². The molecule has 0 saturated heterocycles. The van der Waals surface area contributed by atoms with E-state index in [9.17, 15) is 0 Å². The van der Waals surface area contributed by atoms with Gasteiger partial charge >= 0.3 is 0 Å². The zero-order chi connectivity index (χ0) is 15.6. The Morgan fingerprint density at radius 1 is 1.26 bits per heavy atom. The normalized spacial score (nSPS) is 14.1. The molecule has 1 aromatic heterocycles. The molecule has 1 aromatic rings. The Morgan fingerprint density at radius 2 is 2.13 bits per heavy atom. The van der Waals surface area contributed by atoms with Crippen molar-refractivity contribution in [2.24, 2.45) is 4.99 Å². The first kappa shape index (κ1) is 20.1. The topological polar surface area (TPSA) is 76.4 Å². The van der Waals surface area contributed by atoms with E-state index in [1.807, 2.05) is 6.92 Å². The molecule has 23 heavy (non-hydrogen) atoms. The number of nitrogens with zero attached hydrogens (tertiary/aromatic N) is 4. The summed E-state index contributed by atoms with van der Waals surface area (Å²) >= 11 is 0. The van der Waals surface area contributed by atoms with Crippen LogP contribution in [0.15, 0.2) is 4.99 Å². The summed E-state index contributed by atoms with van der Waals surface area (Å²) in [6.07, 6.45) is 5.61. The maximum atomic E-state index is 5.32. The Labute approximate surface area is 155 Å². The smallest absolute Gasteiger partial charge is 0.191 e. The lowest BCUT2D eigenvalue weighted by molar-refractivity contribution is 0.143. The monoisotopic (exact) mass is 436 g/mol. The maximum Gasteiger partial charge on any atom is 0.191 e. The minimum Gasteiger partial charge on any atom is -0.382 e. The van der Waals surface area contributed by atoms with Gasteiger partial charge in [0.2, 0.25) is 0 Å². The molecule has 0 bridgehead atoms. The van der Waals surface area contributed by atoms with Crippen LogP contribution in [0.2, 0.25) is 0 Å². The van der Waals surface area contributed by atoms with Gasteiger partial charge in [0.05, 0.1) is 6.54 Å². The summed E-state index contributed by atoms with van der Waals surface area (Å²) < 4.78 is 7.55. The van der Waals surface area contributed by atoms with Crippen molar-refractivity contribution in [3.05, 3.63) is 11.6 Å². The molecule has 2 N–H and O–H groups in total. The van der Waals surface area contributed by atoms with Crippen LogP contribution in [-0.2, 0) is 24.2 Å². The third kappa shape index (κ3) is 6.62. The second-order valence-corrected chi connectivity index (χ2v) is 5.40. The summed E-state index contributed by atoms with van der Waals surface area (Å²) in [6, 6.07) is 0. The number of hydrogen-bond acceptors (Lipinski definition) is 4. The van der Waals surface area contributed by atoms with E-state index in [0.717, 1.165) is 63.2 Å². The highest BCUT2D eigenvalue weighted by atomic mass is 127. The number of aromatic nitrogens is 3. The average Bonchev–Trinajstić information content (AvgIpc) is 2.97. The zero-order valence-electron chi connectivity index (χ0n) is 14.2. The fourth-order valence-electron chi connectivity index (χ4n) is 2.56. The largest absolute Gasteiger partial charge is 0.382 e. The molecule has 0 aromatic carbocycles. The summed E-state index contributed by atoms with van der Waals surface area (Å²) in [5.41, 5.74) is 0. The molecular formula is C15H29IN6O. The summed E-state index contributed by atoms with van der Waals surface area (Å²) in [5.74, 6) is 2.92. The Kier molecular flexibility index (Phi) is 10.2. The van der Waals surface area contributed by atoms with Gasteiger partial charge in [-0.1, -0.05) is 0 Å². The van der Waals surface area contributed by atoms with E-state index >= 15 is 0 Å². The Bertz CT molecular complexity index is 477. The van der Waals surface area contributed by atoms with Crippen molar-refractivity contribution in [3.8, 4) is 0 Å². The molecule has 2 rings (SSSR count). The number of aliphatic imine (C=N–C) groups is 1. The molecule has 0 aliphatic carbocycles. The van der Waals surface area contributed by atoms with Crippen molar-refractivity contribution in [3.63, 3.8) is 0 Å². The predicted molar refractivity (Wildman–Crippen MR) is 102 cm³/mol. The van der Waals surface area contributed by atoms with Gasteiger partial charge in [0, 0.05) is 39.8 Å². The molecule has 0 fully saturated rings. The number of halogens is 1. The van der Waals surface area contributed by atoms with Gasteiger partial charge < -0.3 is 19.9 Å². The SMILES string of the molecule is CCOCCCCNC(=NC)NCc1nnc2n1CCCC2.I. The first-order chi connectivity index (χ1) is 10.8. The van der Waals surface area contributed by atoms with E-state index in [0.29, 0.717) is 6.54 Å². The molecule has 2 heterocycles. The van der Waals surface area contributed by atoms with Crippen LogP contribution in [0.1, 0.15) is 44.3 Å². The molecule has 0 saturated carbocycles. The lowest BCUT2D eigenvalue weighted by atomic mass is 10.2. The number of rotatable bonds is 8. The van der Waals surface area contributed by atoms with Gasteiger partial charge in [0.15, 0.2) is 11.8 Å². The summed E-state index contributed by atoms with van der Waals surface area (Å²) in [4.78, 5) is 4.24. The molecule has 1 aliphatic rings. The highest BCUT2D eigenvalue weighted by Gasteiger charge is 2.15. The summed E-state index contributed by atoms with van der Waals surface area (Å²) in [6.45, 7) is 6.22. The van der Waals surface area contributed by atoms with Gasteiger partial charge in [-0.05, 0) is 32.6 Å². The highest BCUT2D eigenvalue weighted by molar-refractivity contribution is 14.0. The second-order valence-electron chi connectivity index (χ2n) is 5.40. The van der Waals surface area contributed by atoms with Crippen molar-refractivity contribution in [2.45, 2.75) is 52.1 Å². The predicted octanol–water partition coefficient (Wildman–Crippen LogP) is 1.71. The van der Waals surface area contributed by atoms with E-state index in [-0.39, 0.29) is 24.0 Å². The van der Waals surface area contributed by atoms with E-state index in [1.165, 1.54) is 12.8 Å². The lowest BCUT2D eigenvalue weighted by Gasteiger charge is -2.16. The highest BCUT2D eigenvalue weighted by Crippen LogP contribution is 2.13. The van der Waals surface area contributed by atoms with Crippen LogP contribution >= 0.6 is 24.0 Å². The van der Waals surface area contributed by atoms with Crippen molar-refractivity contribution in [1.29, 1.82) is 0 Å². The molecule has 0 atom stereocenters. The summed E-state index contributed by atoms with van der Waals surface area (Å²) in [5, 5.41) is 15.2. The first-order valence-electron chi connectivity index (χ1n) is 8.28. The Morgan fingerprint density at radius 3 is 2.91 bits per heavy atom. The molecule has 0 unspecified atom stereocenters. The number of guanidine groups is 1. The van der Waals surface area contributed by atoms with Gasteiger partial charge in [0.25, 0.3) is 0 Å². The van der Waals surface area contributed by atoms with Crippen LogP contribution in [0, 0.1) is 0 Å². The molecule has 7 nitrogen and oxygen atoms in total. The summed E-state index contributed by atoms with van der Waals surface area (Å²) in [7, 11) is 1.79. The molecule has 0 amide bonds. The quantitative estimate of drug-likeness (QED) is 0.281. The van der Waals surface area contributed by atoms with E-state index in [2.05, 4.69) is 30.4 Å². The van der Waals surface area contributed by atoms with Crippen LogP contribution in [0.3, 0.4) is 0 Å². The molecular weight excluding hydrogens is 407 g/mol. The van der Waals surface area contributed by atoms with Crippen LogP contribution in [-0.4, -0.2) is 47.5 Å². The number of fused-ring (bicyclic) bond motifs is 1. The van der Waals surface area contributed by atoms with Gasteiger partial charge in [0.1, 0.15) is 5.82 Å². The minimum atomic E-state index is 0. The Hall–Kier alpha value is -0.900. The maximum absolute atomic E-state index is 5.32. The number of aryl methyl sites for hydroxylation is 1. The Balaban J connectivity index is 0.00000264. The first-order valence-corrected chi connectivity index (χ1v) is 8.28. The fraction of sp³-hybridized carbons (Fsp3) is 0.800. The number of nitrogens with one attached hydrogen (secondary N) is 2. The number of unbranched alkanes of at least 4 members (excludes halogenated alkanes) is 1. The van der Waals surface area contributed by atoms with E-state index in [4.69, 9.17) is 4.74 Å². The molecule has 8 heteroatoms. The van der Waals surface area contributed by atoms with Crippen LogP contribution < -0.4 is 10.6 Å². The molecule has 0 radical (unpaired) electrons. The van der Waals surface area contributed by atoms with Gasteiger partial charge in [-0.15, -0.1) is 34.2 Å². The van der Waals surface area contributed by atoms with Crippen LogP contribution in [0.5, 0.6) is 0 Å². The standard InChI is InChI=1S/C15H28N6O.HI/c1-3-22-11-7-5-9-17-15(16-2)18-12-14-20-19-13-8-4-6-10-21(13)14;/h3-12H2,1-2H3,(H2,16,17,18);1H. The molecule has 1 aliphatic heterocycles. The van der Waals surface area contributed by atoms with E-state index < -0.39 is 0 Å². The second kappa shape index (κ2) is 11.6. The van der Waals surface area contributed by atoms with Crippen molar-refractivity contribution in [2.75, 3.05) is 26.8 Å². The van der Waals surface area contributed by atoms with Crippen LogP contribution in [0.4, 0.5) is 0 Å². The molecule has 0 spiro atoms. The zero-order valence-corrected chi connectivity index (χ0v) is 16.5.